The van der Waals surface area contributed by atoms with Gasteiger partial charge in [0.1, 0.15) is 0 Å². The molecule has 1 rings (SSSR count). The van der Waals surface area contributed by atoms with Gasteiger partial charge in [0.15, 0.2) is 0 Å². The molecule has 0 aliphatic carbocycles. The van der Waals surface area contributed by atoms with Gasteiger partial charge in [0.2, 0.25) is 5.91 Å². The SMILES string of the molecule is CCC(C)(C)NC(=O)c1ccc(NC(=O)C(C)(C)N)cc1Cl.Cl. The van der Waals surface area contributed by atoms with Crippen LogP contribution in [0.3, 0.4) is 0 Å². The Labute approximate surface area is 148 Å². The fraction of sp³-hybridized carbons (Fsp3) is 0.500. The van der Waals surface area contributed by atoms with E-state index in [2.05, 4.69) is 10.6 Å². The lowest BCUT2D eigenvalue weighted by atomic mass is 10.0. The number of anilines is 1. The van der Waals surface area contributed by atoms with Gasteiger partial charge in [-0.3, -0.25) is 9.59 Å². The monoisotopic (exact) mass is 361 g/mol. The average Bonchev–Trinajstić information content (AvgIpc) is 2.37. The highest BCUT2D eigenvalue weighted by Gasteiger charge is 2.23. The van der Waals surface area contributed by atoms with Crippen LogP contribution in [0.15, 0.2) is 18.2 Å². The standard InChI is InChI=1S/C16H24ClN3O2.ClH/c1-6-15(2,3)20-13(21)11-8-7-10(9-12(11)17)19-14(22)16(4,5)18;/h7-9H,6,18H2,1-5H3,(H,19,22)(H,20,21);1H. The Kier molecular flexibility index (Phi) is 7.54. The van der Waals surface area contributed by atoms with E-state index < -0.39 is 5.54 Å². The van der Waals surface area contributed by atoms with Crippen molar-refractivity contribution >= 4 is 41.5 Å². The van der Waals surface area contributed by atoms with Gasteiger partial charge in [-0.2, -0.15) is 0 Å². The van der Waals surface area contributed by atoms with Crippen molar-refractivity contribution in [3.63, 3.8) is 0 Å². The Balaban J connectivity index is 0.00000484. The smallest absolute Gasteiger partial charge is 0.253 e. The Morgan fingerprint density at radius 3 is 2.22 bits per heavy atom. The summed E-state index contributed by atoms with van der Waals surface area (Å²) in [5.74, 6) is -0.568. The minimum Gasteiger partial charge on any atom is -0.347 e. The molecule has 5 nitrogen and oxygen atoms in total. The lowest BCUT2D eigenvalue weighted by molar-refractivity contribution is -0.120. The summed E-state index contributed by atoms with van der Waals surface area (Å²) in [5.41, 5.74) is 5.29. The van der Waals surface area contributed by atoms with Crippen LogP contribution in [0.4, 0.5) is 5.69 Å². The molecular formula is C16H25Cl2N3O2. The maximum absolute atomic E-state index is 12.2. The zero-order valence-corrected chi connectivity index (χ0v) is 15.7. The maximum atomic E-state index is 12.2. The summed E-state index contributed by atoms with van der Waals surface area (Å²) in [7, 11) is 0. The summed E-state index contributed by atoms with van der Waals surface area (Å²) >= 11 is 6.15. The predicted molar refractivity (Wildman–Crippen MR) is 97.4 cm³/mol. The Bertz CT molecular complexity index is 581. The molecule has 0 radical (unpaired) electrons. The molecule has 4 N–H and O–H groups in total. The van der Waals surface area contributed by atoms with Gasteiger partial charge in [-0.05, 0) is 52.3 Å². The number of hydrogen-bond donors (Lipinski definition) is 3. The van der Waals surface area contributed by atoms with Crippen LogP contribution in [-0.2, 0) is 4.79 Å². The highest BCUT2D eigenvalue weighted by molar-refractivity contribution is 6.34. The van der Waals surface area contributed by atoms with Crippen molar-refractivity contribution in [3.8, 4) is 0 Å². The average molecular weight is 362 g/mol. The molecule has 2 amide bonds. The quantitative estimate of drug-likeness (QED) is 0.751. The van der Waals surface area contributed by atoms with E-state index in [0.717, 1.165) is 6.42 Å². The van der Waals surface area contributed by atoms with Crippen molar-refractivity contribution < 1.29 is 9.59 Å². The first-order chi connectivity index (χ1) is 9.96. The molecule has 0 saturated carbocycles. The molecule has 0 aliphatic rings. The molecule has 23 heavy (non-hydrogen) atoms. The largest absolute Gasteiger partial charge is 0.347 e. The molecule has 1 aromatic carbocycles. The second kappa shape index (κ2) is 7.99. The van der Waals surface area contributed by atoms with Crippen molar-refractivity contribution in [1.29, 1.82) is 0 Å². The van der Waals surface area contributed by atoms with E-state index >= 15 is 0 Å². The molecular weight excluding hydrogens is 337 g/mol. The van der Waals surface area contributed by atoms with Crippen molar-refractivity contribution in [1.82, 2.24) is 5.32 Å². The number of rotatable bonds is 5. The zero-order valence-electron chi connectivity index (χ0n) is 14.1. The lowest BCUT2D eigenvalue weighted by Gasteiger charge is -2.25. The summed E-state index contributed by atoms with van der Waals surface area (Å²) in [4.78, 5) is 24.1. The number of carbonyl (C=O) groups excluding carboxylic acids is 2. The number of carbonyl (C=O) groups is 2. The summed E-state index contributed by atoms with van der Waals surface area (Å²) < 4.78 is 0. The lowest BCUT2D eigenvalue weighted by Crippen LogP contribution is -2.45. The van der Waals surface area contributed by atoms with Crippen molar-refractivity contribution in [2.75, 3.05) is 5.32 Å². The Hall–Kier alpha value is -1.30. The maximum Gasteiger partial charge on any atom is 0.253 e. The van der Waals surface area contributed by atoms with Gasteiger partial charge in [0, 0.05) is 11.2 Å². The molecule has 0 heterocycles. The van der Waals surface area contributed by atoms with Gasteiger partial charge >= 0.3 is 0 Å². The minimum absolute atomic E-state index is 0. The molecule has 0 aliphatic heterocycles. The van der Waals surface area contributed by atoms with Crippen LogP contribution in [-0.4, -0.2) is 22.9 Å². The zero-order chi connectivity index (χ0) is 17.1. The fourth-order valence-corrected chi connectivity index (χ4v) is 1.80. The number of nitrogens with one attached hydrogen (secondary N) is 2. The Morgan fingerprint density at radius 2 is 1.78 bits per heavy atom. The highest BCUT2D eigenvalue weighted by atomic mass is 35.5. The molecule has 0 fully saturated rings. The van der Waals surface area contributed by atoms with Gasteiger partial charge in [-0.15, -0.1) is 12.4 Å². The first-order valence-corrected chi connectivity index (χ1v) is 7.56. The van der Waals surface area contributed by atoms with Crippen molar-refractivity contribution in [2.45, 2.75) is 52.1 Å². The van der Waals surface area contributed by atoms with E-state index in [1.165, 1.54) is 0 Å². The number of benzene rings is 1. The van der Waals surface area contributed by atoms with Crippen LogP contribution in [0.2, 0.25) is 5.02 Å². The van der Waals surface area contributed by atoms with Crippen molar-refractivity contribution in [2.24, 2.45) is 5.73 Å². The van der Waals surface area contributed by atoms with E-state index in [1.807, 2.05) is 20.8 Å². The molecule has 7 heteroatoms. The van der Waals surface area contributed by atoms with Crippen LogP contribution in [0.1, 0.15) is 51.4 Å². The minimum atomic E-state index is -0.992. The molecule has 0 bridgehead atoms. The third-order valence-electron chi connectivity index (χ3n) is 3.39. The Morgan fingerprint density at radius 1 is 1.22 bits per heavy atom. The second-order valence-corrected chi connectivity index (χ2v) is 6.97. The van der Waals surface area contributed by atoms with E-state index in [4.69, 9.17) is 17.3 Å². The molecule has 1 aromatic rings. The van der Waals surface area contributed by atoms with Gasteiger partial charge < -0.3 is 16.4 Å². The first kappa shape index (κ1) is 21.7. The van der Waals surface area contributed by atoms with Crippen LogP contribution in [0.5, 0.6) is 0 Å². The third-order valence-corrected chi connectivity index (χ3v) is 3.71. The van der Waals surface area contributed by atoms with Gasteiger partial charge in [-0.1, -0.05) is 18.5 Å². The first-order valence-electron chi connectivity index (χ1n) is 7.18. The highest BCUT2D eigenvalue weighted by Crippen LogP contribution is 2.22. The van der Waals surface area contributed by atoms with E-state index in [1.54, 1.807) is 32.0 Å². The van der Waals surface area contributed by atoms with E-state index in [9.17, 15) is 9.59 Å². The van der Waals surface area contributed by atoms with Gasteiger partial charge in [0.05, 0.1) is 16.1 Å². The topological polar surface area (TPSA) is 84.2 Å². The van der Waals surface area contributed by atoms with Crippen LogP contribution >= 0.6 is 24.0 Å². The number of hydrogen-bond acceptors (Lipinski definition) is 3. The summed E-state index contributed by atoms with van der Waals surface area (Å²) in [6.45, 7) is 9.10. The molecule has 0 spiro atoms. The van der Waals surface area contributed by atoms with Gasteiger partial charge in [0.25, 0.3) is 5.91 Å². The molecule has 0 aromatic heterocycles. The van der Waals surface area contributed by atoms with Crippen molar-refractivity contribution in [3.05, 3.63) is 28.8 Å². The summed E-state index contributed by atoms with van der Waals surface area (Å²) in [5, 5.41) is 5.86. The second-order valence-electron chi connectivity index (χ2n) is 6.56. The normalized spacial score (nSPS) is 11.4. The molecule has 0 atom stereocenters. The third kappa shape index (κ3) is 6.37. The molecule has 0 saturated heterocycles. The fourth-order valence-electron chi connectivity index (χ4n) is 1.53. The molecule has 0 unspecified atom stereocenters. The summed E-state index contributed by atoms with van der Waals surface area (Å²) in [6, 6.07) is 4.75. The predicted octanol–water partition coefficient (Wildman–Crippen LogP) is 3.36. The number of halogens is 2. The molecule has 130 valence electrons. The summed E-state index contributed by atoms with van der Waals surface area (Å²) in [6.07, 6.45) is 0.802. The van der Waals surface area contributed by atoms with E-state index in [0.29, 0.717) is 11.3 Å². The number of nitrogens with two attached hydrogens (primary N) is 1. The van der Waals surface area contributed by atoms with Crippen LogP contribution in [0.25, 0.3) is 0 Å². The van der Waals surface area contributed by atoms with E-state index in [-0.39, 0.29) is 34.8 Å². The van der Waals surface area contributed by atoms with Crippen LogP contribution in [0, 0.1) is 0 Å². The number of amides is 2. The van der Waals surface area contributed by atoms with Gasteiger partial charge in [-0.25, -0.2) is 0 Å². The van der Waals surface area contributed by atoms with Crippen LogP contribution < -0.4 is 16.4 Å².